The molecule has 4 aliphatic rings. The fourth-order valence-corrected chi connectivity index (χ4v) is 6.86. The van der Waals surface area contributed by atoms with Crippen LogP contribution in [0.2, 0.25) is 5.82 Å². The lowest BCUT2D eigenvalue weighted by molar-refractivity contribution is -0.403. The van der Waals surface area contributed by atoms with Gasteiger partial charge in [-0.15, -0.1) is 13.2 Å². The second-order valence-electron chi connectivity index (χ2n) is 12.1. The molecule has 4 N–H and O–H groups in total. The minimum absolute atomic E-state index is 0. The summed E-state index contributed by atoms with van der Waals surface area (Å²) in [6, 6.07) is 15.1. The first-order valence-corrected chi connectivity index (χ1v) is 13.7. The Kier molecular flexibility index (Phi) is 8.86. The Labute approximate surface area is 240 Å². The minimum Gasteiger partial charge on any atom is -1.00 e. The number of halogens is 4. The van der Waals surface area contributed by atoms with Gasteiger partial charge < -0.3 is 37.5 Å². The van der Waals surface area contributed by atoms with Crippen LogP contribution >= 0.6 is 0 Å². The first-order chi connectivity index (χ1) is 18.3. The van der Waals surface area contributed by atoms with Gasteiger partial charge in [0.15, 0.2) is 6.04 Å². The topological polar surface area (TPSA) is 84.4 Å². The number of benzene rings is 2. The number of quaternary nitrogens is 1. The van der Waals surface area contributed by atoms with Gasteiger partial charge in [0.05, 0.1) is 11.7 Å². The molecule has 40 heavy (non-hydrogen) atoms. The van der Waals surface area contributed by atoms with E-state index in [4.69, 9.17) is 9.31 Å². The summed E-state index contributed by atoms with van der Waals surface area (Å²) in [5.74, 6) is 0.318. The molecule has 0 spiro atoms. The average Bonchev–Trinajstić information content (AvgIpc) is 3.24. The lowest BCUT2D eigenvalue weighted by atomic mass is 9.43. The van der Waals surface area contributed by atoms with Crippen LogP contribution in [0.5, 0.6) is 5.75 Å². The molecule has 1 unspecified atom stereocenters. The number of hydrogen-bond donors (Lipinski definition) is 2. The van der Waals surface area contributed by atoms with Crippen LogP contribution in [0.25, 0.3) is 0 Å². The van der Waals surface area contributed by atoms with Gasteiger partial charge in [-0.2, -0.15) is 0 Å². The lowest BCUT2D eigenvalue weighted by Crippen LogP contribution is -3.00. The third-order valence-corrected chi connectivity index (χ3v) is 9.24. The van der Waals surface area contributed by atoms with Crippen molar-refractivity contribution in [1.29, 1.82) is 0 Å². The van der Waals surface area contributed by atoms with Gasteiger partial charge in [0.2, 0.25) is 0 Å². The maximum Gasteiger partial charge on any atom is 0.573 e. The van der Waals surface area contributed by atoms with Crippen molar-refractivity contribution in [1.82, 2.24) is 5.32 Å². The predicted molar refractivity (Wildman–Crippen MR) is 141 cm³/mol. The molecule has 2 aromatic carbocycles. The molecule has 2 bridgehead atoms. The van der Waals surface area contributed by atoms with Crippen molar-refractivity contribution < 1.29 is 50.2 Å². The number of nitrogens with one attached hydrogen (secondary N) is 1. The van der Waals surface area contributed by atoms with Gasteiger partial charge >= 0.3 is 13.5 Å². The van der Waals surface area contributed by atoms with Crippen LogP contribution < -0.4 is 28.2 Å². The van der Waals surface area contributed by atoms with Crippen LogP contribution in [0.4, 0.5) is 13.2 Å². The van der Waals surface area contributed by atoms with E-state index in [1.54, 1.807) is 12.1 Å². The van der Waals surface area contributed by atoms with Crippen molar-refractivity contribution in [2.45, 2.75) is 76.4 Å². The fourth-order valence-electron chi connectivity index (χ4n) is 6.86. The highest BCUT2D eigenvalue weighted by Crippen LogP contribution is 2.66. The van der Waals surface area contributed by atoms with E-state index in [9.17, 15) is 18.0 Å². The standard InChI is InChI=1S/C29H36BF3N2O4.ClH/c1-27(2)20-15-24(27)28(3)25(16-20)38-30(39-28)21(13-19-9-11-22(12-10-19)37-29(31,32)33)17-35-26(36)23(34)14-18-7-5-4-6-8-18;/h4-12,20-21,23-25H,13-17,34H2,1-3H3,(H,35,36);1H/t20-,21?,23+,24-,25+,28-;/m1./s1. The second kappa shape index (κ2) is 11.5. The molecule has 3 aliphatic carbocycles. The van der Waals surface area contributed by atoms with Crippen LogP contribution in [-0.2, 0) is 26.9 Å². The lowest BCUT2D eigenvalue weighted by Gasteiger charge is -2.64. The summed E-state index contributed by atoms with van der Waals surface area (Å²) in [6.45, 7) is 7.04. The van der Waals surface area contributed by atoms with Gasteiger partial charge in [0.1, 0.15) is 5.75 Å². The summed E-state index contributed by atoms with van der Waals surface area (Å²) < 4.78 is 55.0. The molecule has 1 aliphatic heterocycles. The Hall–Kier alpha value is -2.27. The number of carbonyl (C=O) groups is 1. The number of rotatable bonds is 9. The normalized spacial score (nSPS) is 28.0. The van der Waals surface area contributed by atoms with Gasteiger partial charge in [-0.25, -0.2) is 0 Å². The quantitative estimate of drug-likeness (QED) is 0.437. The summed E-state index contributed by atoms with van der Waals surface area (Å²) in [6.07, 6.45) is -1.72. The van der Waals surface area contributed by atoms with Crippen LogP contribution in [0.15, 0.2) is 54.6 Å². The predicted octanol–water partition coefficient (Wildman–Crippen LogP) is 1.20. The third-order valence-electron chi connectivity index (χ3n) is 9.24. The van der Waals surface area contributed by atoms with Crippen molar-refractivity contribution in [3.63, 3.8) is 0 Å². The zero-order valence-corrected chi connectivity index (χ0v) is 23.8. The van der Waals surface area contributed by atoms with Crippen molar-refractivity contribution in [2.24, 2.45) is 17.3 Å². The van der Waals surface area contributed by atoms with Crippen LogP contribution in [-0.4, -0.2) is 43.7 Å². The molecule has 218 valence electrons. The maximum atomic E-state index is 13.0. The van der Waals surface area contributed by atoms with Crippen molar-refractivity contribution in [3.8, 4) is 5.75 Å². The van der Waals surface area contributed by atoms with E-state index in [0.717, 1.165) is 24.0 Å². The SMILES string of the molecule is CC1(C)[C@H]2C[C@@H]3OB(C(CNC(=O)[C@@H]([NH3+])Cc4ccccc4)Cc4ccc(OC(F)(F)F)cc4)O[C@]3(C)[C@@H]1C2.[Cl-]. The molecule has 0 aromatic heterocycles. The van der Waals surface area contributed by atoms with Crippen molar-refractivity contribution in [2.75, 3.05) is 6.54 Å². The highest BCUT2D eigenvalue weighted by Gasteiger charge is 2.68. The smallest absolute Gasteiger partial charge is 0.573 e. The Balaban J connectivity index is 0.00000370. The number of alkyl halides is 3. The summed E-state index contributed by atoms with van der Waals surface area (Å²) in [7, 11) is -0.543. The zero-order valence-electron chi connectivity index (χ0n) is 23.0. The summed E-state index contributed by atoms with van der Waals surface area (Å²) in [5.41, 5.74) is 5.68. The van der Waals surface area contributed by atoms with Gasteiger partial charge in [0, 0.05) is 18.8 Å². The minimum atomic E-state index is -4.75. The van der Waals surface area contributed by atoms with Crippen molar-refractivity contribution in [3.05, 3.63) is 65.7 Å². The van der Waals surface area contributed by atoms with Crippen molar-refractivity contribution >= 4 is 13.0 Å². The highest BCUT2D eigenvalue weighted by molar-refractivity contribution is 6.47. The summed E-state index contributed by atoms with van der Waals surface area (Å²) in [4.78, 5) is 13.0. The Bertz CT molecular complexity index is 1170. The number of hydrogen-bond acceptors (Lipinski definition) is 4. The van der Waals surface area contributed by atoms with E-state index >= 15 is 0 Å². The molecule has 1 saturated heterocycles. The van der Waals surface area contributed by atoms with E-state index in [1.807, 2.05) is 30.3 Å². The number of carbonyl (C=O) groups excluding carboxylic acids is 1. The molecular weight excluding hydrogens is 544 g/mol. The van der Waals surface area contributed by atoms with Crippen LogP contribution in [0.3, 0.4) is 0 Å². The highest BCUT2D eigenvalue weighted by atomic mass is 35.5. The van der Waals surface area contributed by atoms with Crippen LogP contribution in [0, 0.1) is 17.3 Å². The zero-order chi connectivity index (χ0) is 28.0. The summed E-state index contributed by atoms with van der Waals surface area (Å²) >= 11 is 0. The first-order valence-electron chi connectivity index (χ1n) is 13.7. The molecule has 6 nitrogen and oxygen atoms in total. The van der Waals surface area contributed by atoms with Gasteiger partial charge in [-0.05, 0) is 66.7 Å². The Morgan fingerprint density at radius 1 is 1.07 bits per heavy atom. The Morgan fingerprint density at radius 2 is 1.73 bits per heavy atom. The molecule has 0 radical (unpaired) electrons. The first kappa shape index (κ1) is 30.7. The molecule has 1 heterocycles. The largest absolute Gasteiger partial charge is 1.00 e. The van der Waals surface area contributed by atoms with Crippen LogP contribution in [0.1, 0.15) is 44.7 Å². The number of amides is 1. The van der Waals surface area contributed by atoms with Gasteiger partial charge in [-0.3, -0.25) is 4.79 Å². The Morgan fingerprint density at radius 3 is 2.35 bits per heavy atom. The van der Waals surface area contributed by atoms with Gasteiger partial charge in [0.25, 0.3) is 5.91 Å². The van der Waals surface area contributed by atoms with E-state index in [2.05, 4.69) is 36.6 Å². The second-order valence-corrected chi connectivity index (χ2v) is 12.1. The molecule has 3 saturated carbocycles. The van der Waals surface area contributed by atoms with E-state index in [-0.39, 0.29) is 41.4 Å². The molecular formula is C29H37BClF3N2O4. The molecule has 4 fully saturated rings. The van der Waals surface area contributed by atoms with E-state index in [0.29, 0.717) is 31.2 Å². The summed E-state index contributed by atoms with van der Waals surface area (Å²) in [5, 5.41) is 3.04. The molecule has 6 rings (SSSR count). The fraction of sp³-hybridized carbons (Fsp3) is 0.552. The van der Waals surface area contributed by atoms with E-state index < -0.39 is 25.1 Å². The number of ether oxygens (including phenoxy) is 1. The monoisotopic (exact) mass is 580 g/mol. The average molecular weight is 581 g/mol. The van der Waals surface area contributed by atoms with E-state index in [1.165, 1.54) is 12.1 Å². The third kappa shape index (κ3) is 6.30. The molecule has 6 atom stereocenters. The maximum absolute atomic E-state index is 13.0. The van der Waals surface area contributed by atoms with Gasteiger partial charge in [-0.1, -0.05) is 56.3 Å². The molecule has 1 amide bonds. The molecule has 11 heteroatoms. The molecule has 2 aromatic rings.